The van der Waals surface area contributed by atoms with Crippen molar-refractivity contribution < 1.29 is 18.7 Å². The molecule has 3 N–H and O–H groups in total. The van der Waals surface area contributed by atoms with Crippen LogP contribution >= 0.6 is 11.6 Å². The summed E-state index contributed by atoms with van der Waals surface area (Å²) in [4.78, 5) is 11.8. The van der Waals surface area contributed by atoms with Crippen molar-refractivity contribution in [2.75, 3.05) is 0 Å². The predicted octanol–water partition coefficient (Wildman–Crippen LogP) is 3.38. The first-order valence-electron chi connectivity index (χ1n) is 7.15. The normalized spacial score (nSPS) is 13.4. The van der Waals surface area contributed by atoms with Crippen LogP contribution in [0.3, 0.4) is 0 Å². The molecular formula is C16H18ClFN2O3. The molecule has 23 heavy (non-hydrogen) atoms. The van der Waals surface area contributed by atoms with Gasteiger partial charge in [0.15, 0.2) is 0 Å². The second-order valence-electron chi connectivity index (χ2n) is 5.24. The van der Waals surface area contributed by atoms with Crippen molar-refractivity contribution in [1.82, 2.24) is 10.6 Å². The fourth-order valence-electron chi connectivity index (χ4n) is 2.10. The molecule has 2 atom stereocenters. The van der Waals surface area contributed by atoms with Gasteiger partial charge < -0.3 is 20.2 Å². The van der Waals surface area contributed by atoms with Crippen molar-refractivity contribution in [3.63, 3.8) is 0 Å². The van der Waals surface area contributed by atoms with Crippen LogP contribution in [-0.4, -0.2) is 17.2 Å². The van der Waals surface area contributed by atoms with Crippen LogP contribution in [0.15, 0.2) is 41.0 Å². The molecule has 0 bridgehead atoms. The third-order valence-corrected chi connectivity index (χ3v) is 3.55. The highest BCUT2D eigenvalue weighted by Crippen LogP contribution is 2.18. The first kappa shape index (κ1) is 17.3. The summed E-state index contributed by atoms with van der Waals surface area (Å²) in [6, 6.07) is 6.98. The molecule has 2 unspecified atom stereocenters. The third kappa shape index (κ3) is 5.26. The number of benzene rings is 1. The van der Waals surface area contributed by atoms with Gasteiger partial charge in [-0.05, 0) is 36.8 Å². The van der Waals surface area contributed by atoms with E-state index in [1.54, 1.807) is 25.1 Å². The van der Waals surface area contributed by atoms with Gasteiger partial charge in [-0.25, -0.2) is 9.18 Å². The smallest absolute Gasteiger partial charge is 0.315 e. The summed E-state index contributed by atoms with van der Waals surface area (Å²) >= 11 is 5.68. The SMILES string of the molecule is CC(CC(O)c1ccco1)NC(=O)NCc1ccc(F)c(Cl)c1. The van der Waals surface area contributed by atoms with Gasteiger partial charge in [0.05, 0.1) is 11.3 Å². The third-order valence-electron chi connectivity index (χ3n) is 3.26. The zero-order valence-corrected chi connectivity index (χ0v) is 13.3. The Kier molecular flexibility index (Phi) is 6.01. The number of carbonyl (C=O) groups is 1. The summed E-state index contributed by atoms with van der Waals surface area (Å²) in [5.74, 6) is -0.0413. The molecule has 7 heteroatoms. The van der Waals surface area contributed by atoms with Crippen molar-refractivity contribution in [2.45, 2.75) is 32.0 Å². The Morgan fingerprint density at radius 3 is 2.87 bits per heavy atom. The van der Waals surface area contributed by atoms with Gasteiger partial charge in [-0.15, -0.1) is 0 Å². The molecule has 1 aromatic heterocycles. The minimum atomic E-state index is -0.781. The summed E-state index contributed by atoms with van der Waals surface area (Å²) in [6.45, 7) is 2.00. The number of furan rings is 1. The van der Waals surface area contributed by atoms with Crippen LogP contribution < -0.4 is 10.6 Å². The van der Waals surface area contributed by atoms with Gasteiger partial charge in [-0.2, -0.15) is 0 Å². The largest absolute Gasteiger partial charge is 0.467 e. The molecule has 1 aromatic carbocycles. The van der Waals surface area contributed by atoms with E-state index in [9.17, 15) is 14.3 Å². The highest BCUT2D eigenvalue weighted by atomic mass is 35.5. The Balaban J connectivity index is 1.76. The van der Waals surface area contributed by atoms with Crippen molar-refractivity contribution in [3.8, 4) is 0 Å². The number of aliphatic hydroxyl groups excluding tert-OH is 1. The lowest BCUT2D eigenvalue weighted by Gasteiger charge is -2.17. The fourth-order valence-corrected chi connectivity index (χ4v) is 2.30. The zero-order chi connectivity index (χ0) is 16.8. The lowest BCUT2D eigenvalue weighted by Crippen LogP contribution is -2.41. The number of amides is 2. The van der Waals surface area contributed by atoms with E-state index in [2.05, 4.69) is 10.6 Å². The Labute approximate surface area is 138 Å². The number of hydrogen-bond donors (Lipinski definition) is 3. The topological polar surface area (TPSA) is 74.5 Å². The Morgan fingerprint density at radius 2 is 2.22 bits per heavy atom. The molecule has 1 heterocycles. The lowest BCUT2D eigenvalue weighted by molar-refractivity contribution is 0.129. The highest BCUT2D eigenvalue weighted by Gasteiger charge is 2.16. The minimum absolute atomic E-state index is 0.0136. The van der Waals surface area contributed by atoms with Crippen LogP contribution in [-0.2, 0) is 6.54 Å². The van der Waals surface area contributed by atoms with Gasteiger partial charge in [0.1, 0.15) is 17.7 Å². The van der Waals surface area contributed by atoms with E-state index >= 15 is 0 Å². The molecule has 0 aliphatic carbocycles. The van der Waals surface area contributed by atoms with Crippen LogP contribution in [0.4, 0.5) is 9.18 Å². The number of hydrogen-bond acceptors (Lipinski definition) is 3. The van der Waals surface area contributed by atoms with Gasteiger partial charge in [-0.3, -0.25) is 0 Å². The van der Waals surface area contributed by atoms with Gasteiger partial charge in [0.2, 0.25) is 0 Å². The standard InChI is InChI=1S/C16H18ClFN2O3/c1-10(7-14(21)15-3-2-6-23-15)20-16(22)19-9-11-4-5-13(18)12(17)8-11/h2-6,8,10,14,21H,7,9H2,1H3,(H2,19,20,22). The lowest BCUT2D eigenvalue weighted by atomic mass is 10.1. The maximum atomic E-state index is 13.0. The first-order valence-corrected chi connectivity index (χ1v) is 7.53. The molecule has 0 spiro atoms. The Hall–Kier alpha value is -2.05. The van der Waals surface area contributed by atoms with Crippen molar-refractivity contribution >= 4 is 17.6 Å². The summed E-state index contributed by atoms with van der Waals surface area (Å²) in [6.07, 6.45) is 1.02. The van der Waals surface area contributed by atoms with E-state index in [1.807, 2.05) is 0 Å². The molecule has 124 valence electrons. The van der Waals surface area contributed by atoms with E-state index in [0.29, 0.717) is 17.7 Å². The number of carbonyl (C=O) groups excluding carboxylic acids is 1. The maximum Gasteiger partial charge on any atom is 0.315 e. The molecule has 0 radical (unpaired) electrons. The number of urea groups is 1. The average Bonchev–Trinajstić information content (AvgIpc) is 3.02. The molecule has 2 rings (SSSR count). The number of rotatable bonds is 6. The van der Waals surface area contributed by atoms with Crippen LogP contribution in [0.5, 0.6) is 0 Å². The first-order chi connectivity index (χ1) is 11.0. The van der Waals surface area contributed by atoms with Crippen LogP contribution in [0, 0.1) is 5.82 Å². The molecule has 0 aliphatic heterocycles. The van der Waals surface area contributed by atoms with Crippen molar-refractivity contribution in [2.24, 2.45) is 0 Å². The van der Waals surface area contributed by atoms with Crippen LogP contribution in [0.25, 0.3) is 0 Å². The van der Waals surface area contributed by atoms with E-state index in [0.717, 1.165) is 0 Å². The summed E-state index contributed by atoms with van der Waals surface area (Å²) in [7, 11) is 0. The molecule has 0 saturated carbocycles. The van der Waals surface area contributed by atoms with Crippen molar-refractivity contribution in [1.29, 1.82) is 0 Å². The zero-order valence-electron chi connectivity index (χ0n) is 12.6. The number of halogens is 2. The average molecular weight is 341 g/mol. The number of aliphatic hydroxyl groups is 1. The summed E-state index contributed by atoms with van der Waals surface area (Å²) < 4.78 is 18.2. The highest BCUT2D eigenvalue weighted by molar-refractivity contribution is 6.30. The molecule has 5 nitrogen and oxygen atoms in total. The Bertz CT molecular complexity index is 649. The van der Waals surface area contributed by atoms with Gasteiger partial charge >= 0.3 is 6.03 Å². The van der Waals surface area contributed by atoms with Crippen LogP contribution in [0.2, 0.25) is 5.02 Å². The molecule has 0 fully saturated rings. The van der Waals surface area contributed by atoms with Gasteiger partial charge in [0, 0.05) is 19.0 Å². The predicted molar refractivity (Wildman–Crippen MR) is 84.5 cm³/mol. The summed E-state index contributed by atoms with van der Waals surface area (Å²) in [5, 5.41) is 15.3. The molecule has 0 aliphatic rings. The van der Waals surface area contributed by atoms with Crippen molar-refractivity contribution in [3.05, 3.63) is 58.8 Å². The molecule has 0 saturated heterocycles. The Morgan fingerprint density at radius 1 is 1.43 bits per heavy atom. The van der Waals surface area contributed by atoms with E-state index in [4.69, 9.17) is 16.0 Å². The van der Waals surface area contributed by atoms with E-state index in [1.165, 1.54) is 18.4 Å². The van der Waals surface area contributed by atoms with E-state index in [-0.39, 0.29) is 23.6 Å². The minimum Gasteiger partial charge on any atom is -0.467 e. The second kappa shape index (κ2) is 7.99. The number of nitrogens with one attached hydrogen (secondary N) is 2. The monoisotopic (exact) mass is 340 g/mol. The molecule has 2 aromatic rings. The molecular weight excluding hydrogens is 323 g/mol. The maximum absolute atomic E-state index is 13.0. The second-order valence-corrected chi connectivity index (χ2v) is 5.65. The van der Waals surface area contributed by atoms with Crippen LogP contribution in [0.1, 0.15) is 30.8 Å². The summed E-state index contributed by atoms with van der Waals surface area (Å²) in [5.41, 5.74) is 0.690. The van der Waals surface area contributed by atoms with Gasteiger partial charge in [-0.1, -0.05) is 17.7 Å². The quantitative estimate of drug-likeness (QED) is 0.754. The fraction of sp³-hybridized carbons (Fsp3) is 0.312. The van der Waals surface area contributed by atoms with Gasteiger partial charge in [0.25, 0.3) is 0 Å². The van der Waals surface area contributed by atoms with E-state index < -0.39 is 11.9 Å². The molecule has 2 amide bonds.